The molecule has 0 aliphatic rings. The van der Waals surface area contributed by atoms with Gasteiger partial charge in [0.2, 0.25) is 0 Å². The van der Waals surface area contributed by atoms with Crippen LogP contribution in [0.25, 0.3) is 0 Å². The number of aliphatic hydroxyl groups is 1. The summed E-state index contributed by atoms with van der Waals surface area (Å²) in [6, 6.07) is 3.44. The summed E-state index contributed by atoms with van der Waals surface area (Å²) >= 11 is 6.62. The highest BCUT2D eigenvalue weighted by Gasteiger charge is 2.10. The van der Waals surface area contributed by atoms with Gasteiger partial charge >= 0.3 is 0 Å². The van der Waals surface area contributed by atoms with Crippen molar-refractivity contribution in [2.24, 2.45) is 0 Å². The van der Waals surface area contributed by atoms with Crippen LogP contribution < -0.4 is 10.1 Å². The van der Waals surface area contributed by atoms with E-state index < -0.39 is 0 Å². The molecule has 0 heterocycles. The van der Waals surface area contributed by atoms with E-state index in [1.54, 1.807) is 12.1 Å². The number of carbonyl (C=O) groups excluding carboxylic acids is 1. The van der Waals surface area contributed by atoms with E-state index in [1.165, 1.54) is 0 Å². The summed E-state index contributed by atoms with van der Waals surface area (Å²) in [6.45, 7) is -0.0224. The highest BCUT2D eigenvalue weighted by Crippen LogP contribution is 2.34. The number of halogens is 2. The van der Waals surface area contributed by atoms with E-state index >= 15 is 0 Å². The average molecular weight is 377 g/mol. The fourth-order valence-corrected chi connectivity index (χ4v) is 2.69. The lowest BCUT2D eigenvalue weighted by Crippen LogP contribution is -2.29. The molecule has 1 aromatic rings. The lowest BCUT2D eigenvalue weighted by atomic mass is 10.2. The zero-order valence-corrected chi connectivity index (χ0v) is 12.5. The van der Waals surface area contributed by atoms with Gasteiger partial charge in [-0.05, 0) is 49.6 Å². The molecule has 96 valence electrons. The second kappa shape index (κ2) is 7.41. The number of benzene rings is 1. The molecule has 0 unspecified atom stereocenters. The first-order valence-corrected chi connectivity index (χ1v) is 6.58. The van der Waals surface area contributed by atoms with Gasteiger partial charge < -0.3 is 15.2 Å². The van der Waals surface area contributed by atoms with Crippen molar-refractivity contribution in [3.63, 3.8) is 0 Å². The molecule has 2 N–H and O–H groups in total. The van der Waals surface area contributed by atoms with Crippen molar-refractivity contribution in [3.05, 3.63) is 26.6 Å². The smallest absolute Gasteiger partial charge is 0.258 e. The standard InChI is InChI=1S/C12H11Br2NO3/c1-2-3-15-11(17)7-18-12-9(13)4-8(6-16)5-10(12)14/h1,4-5,16H,3,6-7H2,(H,15,17). The molecule has 0 atom stereocenters. The maximum atomic E-state index is 11.3. The van der Waals surface area contributed by atoms with Gasteiger partial charge in [0, 0.05) is 0 Å². The number of rotatable bonds is 5. The highest BCUT2D eigenvalue weighted by atomic mass is 79.9. The zero-order valence-electron chi connectivity index (χ0n) is 9.37. The molecule has 1 amide bonds. The number of amides is 1. The van der Waals surface area contributed by atoms with Gasteiger partial charge in [0.25, 0.3) is 5.91 Å². The number of hydrogen-bond acceptors (Lipinski definition) is 3. The molecule has 0 bridgehead atoms. The number of terminal acetylenes is 1. The zero-order chi connectivity index (χ0) is 13.5. The Bertz CT molecular complexity index is 460. The summed E-state index contributed by atoms with van der Waals surface area (Å²) in [5.41, 5.74) is 0.734. The van der Waals surface area contributed by atoms with Crippen LogP contribution in [0.1, 0.15) is 5.56 Å². The minimum Gasteiger partial charge on any atom is -0.481 e. The van der Waals surface area contributed by atoms with Gasteiger partial charge in [-0.3, -0.25) is 4.79 Å². The molecule has 1 aromatic carbocycles. The summed E-state index contributed by atoms with van der Waals surface area (Å²) in [5, 5.41) is 11.5. The summed E-state index contributed by atoms with van der Waals surface area (Å²) < 4.78 is 6.69. The molecule has 0 fully saturated rings. The predicted octanol–water partition coefficient (Wildman–Crippen LogP) is 1.83. The van der Waals surface area contributed by atoms with Crippen LogP contribution >= 0.6 is 31.9 Å². The Kier molecular flexibility index (Phi) is 6.19. The second-order valence-electron chi connectivity index (χ2n) is 3.32. The third-order valence-electron chi connectivity index (χ3n) is 1.98. The number of hydrogen-bond donors (Lipinski definition) is 2. The van der Waals surface area contributed by atoms with Gasteiger partial charge in [-0.15, -0.1) is 6.42 Å². The molecule has 0 aliphatic carbocycles. The van der Waals surface area contributed by atoms with Crippen molar-refractivity contribution >= 4 is 37.8 Å². The molecular weight excluding hydrogens is 366 g/mol. The van der Waals surface area contributed by atoms with Crippen LogP contribution in [0.4, 0.5) is 0 Å². The van der Waals surface area contributed by atoms with Gasteiger partial charge in [-0.25, -0.2) is 0 Å². The van der Waals surface area contributed by atoms with Crippen LogP contribution in [0.15, 0.2) is 21.1 Å². The Hall–Kier alpha value is -1.03. The summed E-state index contributed by atoms with van der Waals surface area (Å²) in [7, 11) is 0. The van der Waals surface area contributed by atoms with Crippen molar-refractivity contribution in [1.82, 2.24) is 5.32 Å². The fourth-order valence-electron chi connectivity index (χ4n) is 1.18. The molecular formula is C12H11Br2NO3. The predicted molar refractivity (Wildman–Crippen MR) is 75.1 cm³/mol. The first-order chi connectivity index (χ1) is 8.58. The molecule has 18 heavy (non-hydrogen) atoms. The van der Waals surface area contributed by atoms with Crippen LogP contribution in [0, 0.1) is 12.3 Å². The van der Waals surface area contributed by atoms with E-state index in [0.717, 1.165) is 5.56 Å². The maximum Gasteiger partial charge on any atom is 0.258 e. The first kappa shape index (κ1) is 15.0. The van der Waals surface area contributed by atoms with Gasteiger partial charge in [-0.1, -0.05) is 5.92 Å². The van der Waals surface area contributed by atoms with E-state index in [1.807, 2.05) is 0 Å². The summed E-state index contributed by atoms with van der Waals surface area (Å²) in [4.78, 5) is 11.3. The largest absolute Gasteiger partial charge is 0.481 e. The van der Waals surface area contributed by atoms with Gasteiger partial charge in [0.15, 0.2) is 6.61 Å². The van der Waals surface area contributed by atoms with Crippen LogP contribution in [0.3, 0.4) is 0 Å². The fraction of sp³-hybridized carbons (Fsp3) is 0.250. The van der Waals surface area contributed by atoms with Crippen LogP contribution in [-0.2, 0) is 11.4 Å². The van der Waals surface area contributed by atoms with Crippen LogP contribution in [-0.4, -0.2) is 24.2 Å². The summed E-state index contributed by atoms with van der Waals surface area (Å²) in [5.74, 6) is 2.51. The number of nitrogens with one attached hydrogen (secondary N) is 1. The Labute approximate surface area is 122 Å². The van der Waals surface area contributed by atoms with E-state index in [9.17, 15) is 4.79 Å². The Morgan fingerprint density at radius 3 is 2.56 bits per heavy atom. The van der Waals surface area contributed by atoms with Gasteiger partial charge in [-0.2, -0.15) is 0 Å². The molecule has 1 rings (SSSR count). The lowest BCUT2D eigenvalue weighted by Gasteiger charge is -2.11. The number of aliphatic hydroxyl groups excluding tert-OH is 1. The maximum absolute atomic E-state index is 11.3. The van der Waals surface area contributed by atoms with Crippen molar-refractivity contribution in [1.29, 1.82) is 0 Å². The van der Waals surface area contributed by atoms with Crippen LogP contribution in [0.2, 0.25) is 0 Å². The Morgan fingerprint density at radius 1 is 1.44 bits per heavy atom. The normalized spacial score (nSPS) is 9.67. The third-order valence-corrected chi connectivity index (χ3v) is 3.15. The van der Waals surface area contributed by atoms with E-state index in [0.29, 0.717) is 14.7 Å². The summed E-state index contributed by atoms with van der Waals surface area (Å²) in [6.07, 6.45) is 5.02. The van der Waals surface area contributed by atoms with Crippen LogP contribution in [0.5, 0.6) is 5.75 Å². The first-order valence-electron chi connectivity index (χ1n) is 5.00. The Morgan fingerprint density at radius 2 is 2.06 bits per heavy atom. The van der Waals surface area contributed by atoms with Gasteiger partial charge in [0.05, 0.1) is 22.1 Å². The van der Waals surface area contributed by atoms with Crippen molar-refractivity contribution < 1.29 is 14.6 Å². The molecule has 0 saturated heterocycles. The molecule has 0 spiro atoms. The van der Waals surface area contributed by atoms with Crippen molar-refractivity contribution in [2.75, 3.05) is 13.2 Å². The molecule has 0 radical (unpaired) electrons. The monoisotopic (exact) mass is 375 g/mol. The average Bonchev–Trinajstić information content (AvgIpc) is 2.34. The number of carbonyl (C=O) groups is 1. The topological polar surface area (TPSA) is 58.6 Å². The molecule has 0 aromatic heterocycles. The second-order valence-corrected chi connectivity index (χ2v) is 5.02. The molecule has 0 aliphatic heterocycles. The van der Waals surface area contributed by atoms with E-state index in [2.05, 4.69) is 43.1 Å². The molecule has 6 heteroatoms. The van der Waals surface area contributed by atoms with Gasteiger partial charge in [0.1, 0.15) is 5.75 Å². The number of ether oxygens (including phenoxy) is 1. The SMILES string of the molecule is C#CCNC(=O)COc1c(Br)cc(CO)cc1Br. The molecule has 4 nitrogen and oxygen atoms in total. The molecule has 0 saturated carbocycles. The van der Waals surface area contributed by atoms with E-state index in [-0.39, 0.29) is 25.7 Å². The van der Waals surface area contributed by atoms with Crippen molar-refractivity contribution in [2.45, 2.75) is 6.61 Å². The minimum atomic E-state index is -0.294. The highest BCUT2D eigenvalue weighted by molar-refractivity contribution is 9.11. The van der Waals surface area contributed by atoms with Crippen molar-refractivity contribution in [3.8, 4) is 18.1 Å². The third kappa shape index (κ3) is 4.33. The van der Waals surface area contributed by atoms with E-state index in [4.69, 9.17) is 16.3 Å². The Balaban J connectivity index is 2.68. The minimum absolute atomic E-state index is 0.0693. The lowest BCUT2D eigenvalue weighted by molar-refractivity contribution is -0.122. The quantitative estimate of drug-likeness (QED) is 0.771.